The maximum absolute atomic E-state index is 11.9. The molecule has 2 atom stereocenters. The van der Waals surface area contributed by atoms with Crippen molar-refractivity contribution >= 4 is 12.1 Å². The first kappa shape index (κ1) is 16.1. The molecule has 6 heteroatoms. The van der Waals surface area contributed by atoms with Crippen LogP contribution in [-0.4, -0.2) is 55.3 Å². The third kappa shape index (κ3) is 4.59. The SMILES string of the molecule is CCOC(=O)C1CC(OC(=O)NC2CCCCC2)CN1C. The number of alkyl carbamates (subject to hydrolysis) is 1. The fraction of sp³-hybridized carbons (Fsp3) is 0.867. The molecule has 2 aliphatic rings. The van der Waals surface area contributed by atoms with Crippen molar-refractivity contribution in [2.24, 2.45) is 0 Å². The molecule has 1 saturated heterocycles. The molecule has 2 fully saturated rings. The second kappa shape index (κ2) is 7.64. The van der Waals surface area contributed by atoms with Crippen molar-refractivity contribution in [1.82, 2.24) is 10.2 Å². The van der Waals surface area contributed by atoms with Crippen LogP contribution >= 0.6 is 0 Å². The summed E-state index contributed by atoms with van der Waals surface area (Å²) in [6.45, 7) is 2.73. The molecule has 2 rings (SSSR count). The lowest BCUT2D eigenvalue weighted by Crippen LogP contribution is -2.38. The zero-order chi connectivity index (χ0) is 15.2. The lowest BCUT2D eigenvalue weighted by molar-refractivity contribution is -0.148. The van der Waals surface area contributed by atoms with E-state index >= 15 is 0 Å². The molecule has 0 bridgehead atoms. The fourth-order valence-corrected chi connectivity index (χ4v) is 3.15. The van der Waals surface area contributed by atoms with Gasteiger partial charge in [0.2, 0.25) is 0 Å². The minimum absolute atomic E-state index is 0.237. The van der Waals surface area contributed by atoms with Crippen LogP contribution in [0.1, 0.15) is 45.4 Å². The Morgan fingerprint density at radius 1 is 1.24 bits per heavy atom. The molecule has 1 heterocycles. The second-order valence-electron chi connectivity index (χ2n) is 5.95. The Morgan fingerprint density at radius 2 is 1.95 bits per heavy atom. The molecule has 0 aromatic heterocycles. The number of likely N-dealkylation sites (tertiary alicyclic amines) is 1. The number of hydrogen-bond acceptors (Lipinski definition) is 5. The van der Waals surface area contributed by atoms with Crippen molar-refractivity contribution in [3.8, 4) is 0 Å². The summed E-state index contributed by atoms with van der Waals surface area (Å²) in [5.41, 5.74) is 0. The summed E-state index contributed by atoms with van der Waals surface area (Å²) in [6.07, 6.45) is 5.56. The van der Waals surface area contributed by atoms with Gasteiger partial charge in [-0.05, 0) is 26.8 Å². The molecular formula is C15H26N2O4. The Morgan fingerprint density at radius 3 is 2.62 bits per heavy atom. The molecular weight excluding hydrogens is 272 g/mol. The van der Waals surface area contributed by atoms with Crippen LogP contribution < -0.4 is 5.32 Å². The summed E-state index contributed by atoms with van der Waals surface area (Å²) < 4.78 is 10.5. The Kier molecular flexibility index (Phi) is 5.85. The molecule has 1 aliphatic heterocycles. The van der Waals surface area contributed by atoms with Gasteiger partial charge >= 0.3 is 12.1 Å². The summed E-state index contributed by atoms with van der Waals surface area (Å²) >= 11 is 0. The number of carbonyl (C=O) groups is 2. The highest BCUT2D eigenvalue weighted by atomic mass is 16.6. The van der Waals surface area contributed by atoms with Crippen molar-refractivity contribution in [3.63, 3.8) is 0 Å². The van der Waals surface area contributed by atoms with E-state index in [2.05, 4.69) is 5.32 Å². The fourth-order valence-electron chi connectivity index (χ4n) is 3.15. The number of likely N-dealkylation sites (N-methyl/N-ethyl adjacent to an activating group) is 1. The highest BCUT2D eigenvalue weighted by Crippen LogP contribution is 2.21. The summed E-state index contributed by atoms with van der Waals surface area (Å²) in [6, 6.07) is -0.0660. The van der Waals surface area contributed by atoms with Crippen LogP contribution in [0.15, 0.2) is 0 Å². The Labute approximate surface area is 126 Å². The average Bonchev–Trinajstić information content (AvgIpc) is 2.80. The van der Waals surface area contributed by atoms with E-state index in [0.29, 0.717) is 19.6 Å². The molecule has 1 saturated carbocycles. The van der Waals surface area contributed by atoms with Gasteiger partial charge in [0.1, 0.15) is 12.1 Å². The van der Waals surface area contributed by atoms with Gasteiger partial charge in [0.15, 0.2) is 0 Å². The Bertz CT molecular complexity index is 369. The van der Waals surface area contributed by atoms with Crippen LogP contribution in [0.25, 0.3) is 0 Å². The number of carbonyl (C=O) groups excluding carboxylic acids is 2. The topological polar surface area (TPSA) is 67.9 Å². The normalized spacial score (nSPS) is 27.3. The number of hydrogen-bond donors (Lipinski definition) is 1. The lowest BCUT2D eigenvalue weighted by Gasteiger charge is -2.23. The van der Waals surface area contributed by atoms with E-state index in [4.69, 9.17) is 9.47 Å². The van der Waals surface area contributed by atoms with Gasteiger partial charge in [-0.15, -0.1) is 0 Å². The van der Waals surface area contributed by atoms with Crippen molar-refractivity contribution in [2.45, 2.75) is 63.6 Å². The van der Waals surface area contributed by atoms with E-state index in [1.165, 1.54) is 19.3 Å². The molecule has 120 valence electrons. The van der Waals surface area contributed by atoms with Gasteiger partial charge in [-0.1, -0.05) is 19.3 Å². The monoisotopic (exact) mass is 298 g/mol. The third-order valence-electron chi connectivity index (χ3n) is 4.27. The van der Waals surface area contributed by atoms with Gasteiger partial charge in [0, 0.05) is 19.0 Å². The molecule has 0 aromatic carbocycles. The van der Waals surface area contributed by atoms with Gasteiger partial charge in [-0.2, -0.15) is 0 Å². The van der Waals surface area contributed by atoms with Gasteiger partial charge < -0.3 is 14.8 Å². The van der Waals surface area contributed by atoms with Crippen LogP contribution in [0.2, 0.25) is 0 Å². The van der Waals surface area contributed by atoms with E-state index in [1.54, 1.807) is 6.92 Å². The van der Waals surface area contributed by atoms with Crippen LogP contribution in [-0.2, 0) is 14.3 Å². The molecule has 1 aliphatic carbocycles. The van der Waals surface area contributed by atoms with Gasteiger partial charge in [-0.3, -0.25) is 9.69 Å². The molecule has 1 amide bonds. The molecule has 0 aromatic rings. The predicted octanol–water partition coefficient (Wildman–Crippen LogP) is 1.68. The molecule has 21 heavy (non-hydrogen) atoms. The Balaban J connectivity index is 1.75. The van der Waals surface area contributed by atoms with E-state index < -0.39 is 0 Å². The van der Waals surface area contributed by atoms with E-state index in [1.807, 2.05) is 11.9 Å². The zero-order valence-corrected chi connectivity index (χ0v) is 13.0. The maximum Gasteiger partial charge on any atom is 0.407 e. The van der Waals surface area contributed by atoms with E-state index in [0.717, 1.165) is 12.8 Å². The first-order valence-corrected chi connectivity index (χ1v) is 7.94. The predicted molar refractivity (Wildman–Crippen MR) is 77.9 cm³/mol. The number of ether oxygens (including phenoxy) is 2. The minimum Gasteiger partial charge on any atom is -0.465 e. The van der Waals surface area contributed by atoms with Crippen molar-refractivity contribution in [3.05, 3.63) is 0 Å². The highest BCUT2D eigenvalue weighted by molar-refractivity contribution is 5.76. The lowest BCUT2D eigenvalue weighted by atomic mass is 9.96. The number of nitrogens with zero attached hydrogens (tertiary/aromatic N) is 1. The van der Waals surface area contributed by atoms with Crippen molar-refractivity contribution in [1.29, 1.82) is 0 Å². The van der Waals surface area contributed by atoms with Gasteiger partial charge in [0.25, 0.3) is 0 Å². The van der Waals surface area contributed by atoms with E-state index in [9.17, 15) is 9.59 Å². The van der Waals surface area contributed by atoms with Gasteiger partial charge in [0.05, 0.1) is 6.61 Å². The third-order valence-corrected chi connectivity index (χ3v) is 4.27. The molecule has 6 nitrogen and oxygen atoms in total. The maximum atomic E-state index is 11.9. The Hall–Kier alpha value is -1.30. The first-order chi connectivity index (χ1) is 10.1. The highest BCUT2D eigenvalue weighted by Gasteiger charge is 2.37. The summed E-state index contributed by atoms with van der Waals surface area (Å²) in [4.78, 5) is 25.6. The van der Waals surface area contributed by atoms with Gasteiger partial charge in [-0.25, -0.2) is 4.79 Å². The molecule has 2 unspecified atom stereocenters. The summed E-state index contributed by atoms with van der Waals surface area (Å²) in [7, 11) is 1.85. The molecule has 0 spiro atoms. The first-order valence-electron chi connectivity index (χ1n) is 7.94. The van der Waals surface area contributed by atoms with Crippen LogP contribution in [0.4, 0.5) is 4.79 Å². The quantitative estimate of drug-likeness (QED) is 0.800. The van der Waals surface area contributed by atoms with Crippen molar-refractivity contribution < 1.29 is 19.1 Å². The largest absolute Gasteiger partial charge is 0.465 e. The zero-order valence-electron chi connectivity index (χ0n) is 13.0. The smallest absolute Gasteiger partial charge is 0.407 e. The number of nitrogens with one attached hydrogen (secondary N) is 1. The number of amides is 1. The van der Waals surface area contributed by atoms with Crippen LogP contribution in [0, 0.1) is 0 Å². The average molecular weight is 298 g/mol. The molecule has 1 N–H and O–H groups in total. The summed E-state index contributed by atoms with van der Waals surface area (Å²) in [5, 5.41) is 2.93. The van der Waals surface area contributed by atoms with E-state index in [-0.39, 0.29) is 30.3 Å². The minimum atomic E-state index is -0.357. The van der Waals surface area contributed by atoms with Crippen LogP contribution in [0.5, 0.6) is 0 Å². The summed E-state index contributed by atoms with van der Waals surface area (Å²) in [5.74, 6) is -0.237. The van der Waals surface area contributed by atoms with Crippen LogP contribution in [0.3, 0.4) is 0 Å². The van der Waals surface area contributed by atoms with Crippen molar-refractivity contribution in [2.75, 3.05) is 20.2 Å². The number of rotatable bonds is 4. The second-order valence-corrected chi connectivity index (χ2v) is 5.95. The molecule has 0 radical (unpaired) electrons. The standard InChI is InChI=1S/C15H26N2O4/c1-3-20-14(18)13-9-12(10-17(13)2)21-15(19)16-11-7-5-4-6-8-11/h11-13H,3-10H2,1-2H3,(H,16,19). The number of esters is 1.